The van der Waals surface area contributed by atoms with Gasteiger partial charge in [-0.3, -0.25) is 9.59 Å². The molecule has 0 radical (unpaired) electrons. The molecule has 0 spiro atoms. The van der Waals surface area contributed by atoms with Crippen molar-refractivity contribution in [3.05, 3.63) is 0 Å². The summed E-state index contributed by atoms with van der Waals surface area (Å²) in [4.78, 5) is 24.8. The molecule has 6 heteroatoms. The van der Waals surface area contributed by atoms with E-state index >= 15 is 0 Å². The molecule has 1 saturated heterocycles. The van der Waals surface area contributed by atoms with Crippen molar-refractivity contribution < 1.29 is 14.3 Å². The van der Waals surface area contributed by atoms with Gasteiger partial charge >= 0.3 is 0 Å². The van der Waals surface area contributed by atoms with Crippen molar-refractivity contribution in [3.8, 4) is 0 Å². The van der Waals surface area contributed by atoms with Crippen LogP contribution in [0.5, 0.6) is 0 Å². The zero-order valence-electron chi connectivity index (χ0n) is 10.2. The molecule has 0 atom stereocenters. The lowest BCUT2D eigenvalue weighted by molar-refractivity contribution is -0.139. The third-order valence-corrected chi connectivity index (χ3v) is 2.86. The molecule has 2 aliphatic rings. The molecule has 94 valence electrons. The average molecular weight is 239 g/mol. The zero-order chi connectivity index (χ0) is 12.5. The summed E-state index contributed by atoms with van der Waals surface area (Å²) in [5, 5.41) is 3.82. The third kappa shape index (κ3) is 2.82. The molecule has 6 nitrogen and oxygen atoms in total. The van der Waals surface area contributed by atoms with Gasteiger partial charge in [-0.1, -0.05) is 0 Å². The quantitative estimate of drug-likeness (QED) is 0.694. The molecule has 2 amide bonds. The van der Waals surface area contributed by atoms with E-state index in [4.69, 9.17) is 4.74 Å². The van der Waals surface area contributed by atoms with E-state index in [1.54, 1.807) is 4.90 Å². The minimum atomic E-state index is -0.313. The van der Waals surface area contributed by atoms with E-state index in [9.17, 15) is 9.59 Å². The predicted molar refractivity (Wildman–Crippen MR) is 61.4 cm³/mol. The fraction of sp³-hybridized carbons (Fsp3) is 0.727. The Labute approximate surface area is 100.0 Å². The summed E-state index contributed by atoms with van der Waals surface area (Å²) in [5.74, 6) is -0.231. The standard InChI is InChI=1S/C11H17N3O3/c1-11(2)7-14(5-6-17-11)10(16)8-3-4-9(15)13-12-8/h3-7H2,1-2H3,(H,13,15). The molecule has 17 heavy (non-hydrogen) atoms. The fourth-order valence-corrected chi connectivity index (χ4v) is 2.00. The van der Waals surface area contributed by atoms with E-state index < -0.39 is 0 Å². The van der Waals surface area contributed by atoms with Crippen molar-refractivity contribution in [1.82, 2.24) is 10.3 Å². The number of amides is 2. The first kappa shape index (κ1) is 12.0. The summed E-state index contributed by atoms with van der Waals surface area (Å²) in [6.07, 6.45) is 0.751. The van der Waals surface area contributed by atoms with Gasteiger partial charge in [-0.15, -0.1) is 0 Å². The van der Waals surface area contributed by atoms with Gasteiger partial charge in [-0.05, 0) is 13.8 Å². The Hall–Kier alpha value is -1.43. The van der Waals surface area contributed by atoms with Crippen LogP contribution in [0, 0.1) is 0 Å². The van der Waals surface area contributed by atoms with Crippen molar-refractivity contribution >= 4 is 17.5 Å². The molecule has 1 fully saturated rings. The Balaban J connectivity index is 2.02. The minimum absolute atomic E-state index is 0.0959. The van der Waals surface area contributed by atoms with E-state index in [2.05, 4.69) is 10.5 Å². The van der Waals surface area contributed by atoms with Crippen LogP contribution in [0.4, 0.5) is 0 Å². The lowest BCUT2D eigenvalue weighted by Gasteiger charge is -2.38. The Kier molecular flexibility index (Phi) is 3.15. The van der Waals surface area contributed by atoms with Crippen LogP contribution in [0.15, 0.2) is 5.10 Å². The molecule has 0 saturated carbocycles. The number of rotatable bonds is 1. The molecule has 0 unspecified atom stereocenters. The van der Waals surface area contributed by atoms with Crippen LogP contribution < -0.4 is 5.43 Å². The number of hydrogen-bond acceptors (Lipinski definition) is 4. The molecular weight excluding hydrogens is 222 g/mol. The van der Waals surface area contributed by atoms with Crippen LogP contribution in [0.1, 0.15) is 26.7 Å². The van der Waals surface area contributed by atoms with Crippen molar-refractivity contribution in [2.45, 2.75) is 32.3 Å². The van der Waals surface area contributed by atoms with Crippen molar-refractivity contribution in [3.63, 3.8) is 0 Å². The van der Waals surface area contributed by atoms with Crippen LogP contribution in [0.25, 0.3) is 0 Å². The Morgan fingerprint density at radius 1 is 1.47 bits per heavy atom. The van der Waals surface area contributed by atoms with Gasteiger partial charge in [0, 0.05) is 25.9 Å². The van der Waals surface area contributed by atoms with E-state index in [-0.39, 0.29) is 17.4 Å². The summed E-state index contributed by atoms with van der Waals surface area (Å²) in [6.45, 7) is 5.58. The smallest absolute Gasteiger partial charge is 0.270 e. The first-order chi connectivity index (χ1) is 7.98. The number of hydrazone groups is 1. The molecule has 0 aliphatic carbocycles. The Morgan fingerprint density at radius 2 is 2.24 bits per heavy atom. The van der Waals surface area contributed by atoms with Crippen LogP contribution in [-0.4, -0.2) is 47.7 Å². The maximum Gasteiger partial charge on any atom is 0.270 e. The number of nitrogens with zero attached hydrogens (tertiary/aromatic N) is 2. The average Bonchev–Trinajstić information content (AvgIpc) is 2.28. The van der Waals surface area contributed by atoms with E-state index in [1.165, 1.54) is 0 Å². The second-order valence-corrected chi connectivity index (χ2v) is 4.93. The molecule has 1 N–H and O–H groups in total. The number of morpholine rings is 1. The van der Waals surface area contributed by atoms with Crippen LogP contribution in [0.3, 0.4) is 0 Å². The first-order valence-corrected chi connectivity index (χ1v) is 5.76. The summed E-state index contributed by atoms with van der Waals surface area (Å²) in [5.41, 5.74) is 2.46. The Morgan fingerprint density at radius 3 is 2.82 bits per heavy atom. The SMILES string of the molecule is CC1(C)CN(C(=O)C2=NNC(=O)CC2)CCO1. The van der Waals surface area contributed by atoms with Gasteiger partial charge in [0.05, 0.1) is 12.2 Å². The van der Waals surface area contributed by atoms with Gasteiger partial charge in [0.25, 0.3) is 5.91 Å². The highest BCUT2D eigenvalue weighted by molar-refractivity contribution is 6.39. The number of hydrogen-bond donors (Lipinski definition) is 1. The molecular formula is C11H17N3O3. The van der Waals surface area contributed by atoms with Gasteiger partial charge < -0.3 is 9.64 Å². The zero-order valence-corrected chi connectivity index (χ0v) is 10.2. The molecule has 0 aromatic heterocycles. The number of ether oxygens (including phenoxy) is 1. The normalized spacial score (nSPS) is 24.0. The summed E-state index contributed by atoms with van der Waals surface area (Å²) in [7, 11) is 0. The fourth-order valence-electron chi connectivity index (χ4n) is 2.00. The van der Waals surface area contributed by atoms with Crippen LogP contribution in [0.2, 0.25) is 0 Å². The number of nitrogens with one attached hydrogen (secondary N) is 1. The third-order valence-electron chi connectivity index (χ3n) is 2.86. The number of carbonyl (C=O) groups excluding carboxylic acids is 2. The summed E-state index contributed by atoms with van der Waals surface area (Å²) >= 11 is 0. The largest absolute Gasteiger partial charge is 0.372 e. The van der Waals surface area contributed by atoms with Crippen LogP contribution >= 0.6 is 0 Å². The maximum atomic E-state index is 12.1. The van der Waals surface area contributed by atoms with E-state index in [0.29, 0.717) is 38.2 Å². The van der Waals surface area contributed by atoms with Crippen molar-refractivity contribution in [2.75, 3.05) is 19.7 Å². The highest BCUT2D eigenvalue weighted by atomic mass is 16.5. The van der Waals surface area contributed by atoms with Gasteiger partial charge in [-0.25, -0.2) is 5.43 Å². The highest BCUT2D eigenvalue weighted by Gasteiger charge is 2.32. The molecule has 2 aliphatic heterocycles. The monoisotopic (exact) mass is 239 g/mol. The topological polar surface area (TPSA) is 71.0 Å². The van der Waals surface area contributed by atoms with Crippen molar-refractivity contribution in [2.24, 2.45) is 5.10 Å². The predicted octanol–water partition coefficient (Wildman–Crippen LogP) is -0.110. The molecule has 2 heterocycles. The van der Waals surface area contributed by atoms with Gasteiger partial charge in [0.1, 0.15) is 5.71 Å². The van der Waals surface area contributed by atoms with Crippen molar-refractivity contribution in [1.29, 1.82) is 0 Å². The lowest BCUT2D eigenvalue weighted by Crippen LogP contribution is -2.53. The van der Waals surface area contributed by atoms with Gasteiger partial charge in [0.2, 0.25) is 5.91 Å². The minimum Gasteiger partial charge on any atom is -0.372 e. The molecule has 0 aromatic rings. The molecule has 0 aromatic carbocycles. The van der Waals surface area contributed by atoms with Crippen LogP contribution in [-0.2, 0) is 14.3 Å². The number of carbonyl (C=O) groups is 2. The Bertz CT molecular complexity index is 376. The second-order valence-electron chi connectivity index (χ2n) is 4.93. The molecule has 0 bridgehead atoms. The molecule has 2 rings (SSSR count). The van der Waals surface area contributed by atoms with E-state index in [1.807, 2.05) is 13.8 Å². The summed E-state index contributed by atoms with van der Waals surface area (Å²) < 4.78 is 5.55. The van der Waals surface area contributed by atoms with Gasteiger partial charge in [-0.2, -0.15) is 5.10 Å². The van der Waals surface area contributed by atoms with E-state index in [0.717, 1.165) is 0 Å². The van der Waals surface area contributed by atoms with Gasteiger partial charge in [0.15, 0.2) is 0 Å². The maximum absolute atomic E-state index is 12.1. The highest BCUT2D eigenvalue weighted by Crippen LogP contribution is 2.17. The lowest BCUT2D eigenvalue weighted by atomic mass is 10.1. The second kappa shape index (κ2) is 4.44. The summed E-state index contributed by atoms with van der Waals surface area (Å²) in [6, 6.07) is 0. The first-order valence-electron chi connectivity index (χ1n) is 5.76.